The number of rotatable bonds is 4. The summed E-state index contributed by atoms with van der Waals surface area (Å²) in [6.07, 6.45) is 0. The molecule has 0 aromatic carbocycles. The van der Waals surface area contributed by atoms with Gasteiger partial charge in [0.05, 0.1) is 10.7 Å². The number of carbonyl (C=O) groups excluding carboxylic acids is 1. The van der Waals surface area contributed by atoms with Gasteiger partial charge in [-0.2, -0.15) is 0 Å². The topological polar surface area (TPSA) is 68.0 Å². The van der Waals surface area contributed by atoms with E-state index in [1.54, 1.807) is 0 Å². The molecule has 4 nitrogen and oxygen atoms in total. The molecule has 0 fully saturated rings. The van der Waals surface area contributed by atoms with Crippen LogP contribution in [-0.4, -0.2) is 16.9 Å². The first-order valence-electron chi connectivity index (χ1n) is 4.48. The van der Waals surface area contributed by atoms with E-state index in [2.05, 4.69) is 10.3 Å². The van der Waals surface area contributed by atoms with E-state index in [9.17, 15) is 4.79 Å². The predicted molar refractivity (Wildman–Crippen MR) is 57.1 cm³/mol. The maximum atomic E-state index is 11.2. The van der Waals surface area contributed by atoms with Gasteiger partial charge in [-0.05, 0) is 20.8 Å². The van der Waals surface area contributed by atoms with Crippen LogP contribution in [0, 0.1) is 6.92 Å². The van der Waals surface area contributed by atoms with E-state index < -0.39 is 6.04 Å². The summed E-state index contributed by atoms with van der Waals surface area (Å²) >= 11 is 1.52. The van der Waals surface area contributed by atoms with Crippen LogP contribution in [0.5, 0.6) is 0 Å². The highest BCUT2D eigenvalue weighted by Gasteiger charge is 2.20. The Kier molecular flexibility index (Phi) is 3.60. The Morgan fingerprint density at radius 2 is 2.29 bits per heavy atom. The molecule has 1 amide bonds. The van der Waals surface area contributed by atoms with Crippen LogP contribution in [-0.2, 0) is 4.79 Å². The first-order chi connectivity index (χ1) is 6.50. The largest absolute Gasteiger partial charge is 0.368 e. The van der Waals surface area contributed by atoms with Crippen molar-refractivity contribution < 1.29 is 4.79 Å². The second-order valence-corrected chi connectivity index (χ2v) is 4.51. The number of nitrogens with one attached hydrogen (secondary N) is 1. The van der Waals surface area contributed by atoms with Crippen molar-refractivity contribution in [2.24, 2.45) is 5.73 Å². The van der Waals surface area contributed by atoms with E-state index in [1.807, 2.05) is 26.2 Å². The molecular formula is C9H15N3OS. The lowest BCUT2D eigenvalue weighted by molar-refractivity contribution is -0.120. The highest BCUT2D eigenvalue weighted by molar-refractivity contribution is 7.09. The second kappa shape index (κ2) is 4.52. The first-order valence-corrected chi connectivity index (χ1v) is 5.36. The molecule has 1 atom stereocenters. The van der Waals surface area contributed by atoms with E-state index in [4.69, 9.17) is 5.73 Å². The molecule has 0 aliphatic heterocycles. The van der Waals surface area contributed by atoms with Gasteiger partial charge in [0.15, 0.2) is 0 Å². The number of nitrogens with zero attached hydrogens (tertiary/aromatic N) is 1. The zero-order valence-electron chi connectivity index (χ0n) is 8.57. The Labute approximate surface area is 87.5 Å². The summed E-state index contributed by atoms with van der Waals surface area (Å²) in [5.74, 6) is -0.385. The van der Waals surface area contributed by atoms with Crippen LogP contribution in [0.15, 0.2) is 5.38 Å². The molecule has 0 aliphatic carbocycles. The fraction of sp³-hybridized carbons (Fsp3) is 0.556. The summed E-state index contributed by atoms with van der Waals surface area (Å²) in [6.45, 7) is 5.84. The third-order valence-corrected chi connectivity index (χ3v) is 2.51. The quantitative estimate of drug-likeness (QED) is 0.783. The third-order valence-electron chi connectivity index (χ3n) is 1.72. The van der Waals surface area contributed by atoms with Gasteiger partial charge in [0.2, 0.25) is 5.91 Å². The van der Waals surface area contributed by atoms with Crippen molar-refractivity contribution in [2.45, 2.75) is 32.9 Å². The van der Waals surface area contributed by atoms with Crippen molar-refractivity contribution in [3.8, 4) is 0 Å². The number of thiazole rings is 1. The molecule has 14 heavy (non-hydrogen) atoms. The number of primary amides is 1. The number of amides is 1. The Balaban J connectivity index is 2.83. The van der Waals surface area contributed by atoms with Crippen LogP contribution in [0.25, 0.3) is 0 Å². The Bertz CT molecular complexity index is 322. The fourth-order valence-electron chi connectivity index (χ4n) is 1.16. The summed E-state index contributed by atoms with van der Waals surface area (Å²) in [7, 11) is 0. The molecule has 0 radical (unpaired) electrons. The van der Waals surface area contributed by atoms with Gasteiger partial charge in [-0.1, -0.05) is 0 Å². The lowest BCUT2D eigenvalue weighted by atomic mass is 10.2. The van der Waals surface area contributed by atoms with Crippen LogP contribution in [0.1, 0.15) is 30.6 Å². The molecule has 1 aromatic rings. The molecule has 1 rings (SSSR count). The van der Waals surface area contributed by atoms with Gasteiger partial charge in [-0.25, -0.2) is 4.98 Å². The molecule has 5 heteroatoms. The molecule has 0 aliphatic rings. The van der Waals surface area contributed by atoms with Gasteiger partial charge >= 0.3 is 0 Å². The maximum Gasteiger partial charge on any atom is 0.240 e. The average molecular weight is 213 g/mol. The number of aromatic nitrogens is 1. The molecule has 0 spiro atoms. The van der Waals surface area contributed by atoms with Crippen LogP contribution < -0.4 is 11.1 Å². The normalized spacial score (nSPS) is 13.1. The van der Waals surface area contributed by atoms with Crippen LogP contribution >= 0.6 is 11.3 Å². The molecule has 0 bridgehead atoms. The van der Waals surface area contributed by atoms with E-state index in [1.165, 1.54) is 11.3 Å². The minimum Gasteiger partial charge on any atom is -0.368 e. The lowest BCUT2D eigenvalue weighted by Crippen LogP contribution is -2.37. The highest BCUT2D eigenvalue weighted by atomic mass is 32.1. The predicted octanol–water partition coefficient (Wildman–Crippen LogP) is 0.976. The molecule has 0 saturated heterocycles. The van der Waals surface area contributed by atoms with Crippen LogP contribution in [0.4, 0.5) is 0 Å². The van der Waals surface area contributed by atoms with Gasteiger partial charge in [-0.3, -0.25) is 10.1 Å². The second-order valence-electron chi connectivity index (χ2n) is 3.45. The van der Waals surface area contributed by atoms with Crippen molar-refractivity contribution in [3.63, 3.8) is 0 Å². The molecule has 78 valence electrons. The van der Waals surface area contributed by atoms with Gasteiger partial charge in [0.25, 0.3) is 0 Å². The number of hydrogen-bond donors (Lipinski definition) is 2. The Morgan fingerprint density at radius 1 is 1.64 bits per heavy atom. The first kappa shape index (κ1) is 11.1. The van der Waals surface area contributed by atoms with Crippen molar-refractivity contribution in [2.75, 3.05) is 0 Å². The van der Waals surface area contributed by atoms with Gasteiger partial charge in [0.1, 0.15) is 6.04 Å². The third kappa shape index (κ3) is 2.78. The zero-order chi connectivity index (χ0) is 10.7. The monoisotopic (exact) mass is 213 g/mol. The van der Waals surface area contributed by atoms with Crippen molar-refractivity contribution in [1.82, 2.24) is 10.3 Å². The number of aryl methyl sites for hydroxylation is 1. The molecule has 1 aromatic heterocycles. The standard InChI is InChI=1S/C9H15N3OS/c1-5(2)11-8(9(10)13)7-4-14-6(3)12-7/h4-5,8,11H,1-3H3,(H2,10,13). The molecular weight excluding hydrogens is 198 g/mol. The smallest absolute Gasteiger partial charge is 0.240 e. The summed E-state index contributed by atoms with van der Waals surface area (Å²) < 4.78 is 0. The molecule has 0 saturated carbocycles. The van der Waals surface area contributed by atoms with Gasteiger partial charge in [0, 0.05) is 11.4 Å². The zero-order valence-corrected chi connectivity index (χ0v) is 9.39. The van der Waals surface area contributed by atoms with Crippen LogP contribution in [0.2, 0.25) is 0 Å². The Hall–Kier alpha value is -0.940. The maximum absolute atomic E-state index is 11.2. The fourth-order valence-corrected chi connectivity index (χ4v) is 1.80. The van der Waals surface area contributed by atoms with Crippen molar-refractivity contribution in [3.05, 3.63) is 16.1 Å². The molecule has 1 unspecified atom stereocenters. The molecule has 1 heterocycles. The number of nitrogens with two attached hydrogens (primary N) is 1. The summed E-state index contributed by atoms with van der Waals surface area (Å²) in [6, 6.07) is -0.269. The van der Waals surface area contributed by atoms with E-state index in [0.717, 1.165) is 5.01 Å². The minimum absolute atomic E-state index is 0.203. The lowest BCUT2D eigenvalue weighted by Gasteiger charge is -2.15. The van der Waals surface area contributed by atoms with Gasteiger partial charge in [-0.15, -0.1) is 11.3 Å². The van der Waals surface area contributed by atoms with Crippen molar-refractivity contribution >= 4 is 17.2 Å². The SMILES string of the molecule is Cc1nc(C(NC(C)C)C(N)=O)cs1. The van der Waals surface area contributed by atoms with Crippen molar-refractivity contribution in [1.29, 1.82) is 0 Å². The van der Waals surface area contributed by atoms with Crippen LogP contribution in [0.3, 0.4) is 0 Å². The van der Waals surface area contributed by atoms with E-state index in [-0.39, 0.29) is 11.9 Å². The summed E-state index contributed by atoms with van der Waals surface area (Å²) in [5, 5.41) is 5.88. The summed E-state index contributed by atoms with van der Waals surface area (Å²) in [4.78, 5) is 15.4. The van der Waals surface area contributed by atoms with Gasteiger partial charge < -0.3 is 5.73 Å². The minimum atomic E-state index is -0.472. The summed E-state index contributed by atoms with van der Waals surface area (Å²) in [5.41, 5.74) is 6.01. The molecule has 3 N–H and O–H groups in total. The Morgan fingerprint density at radius 3 is 2.64 bits per heavy atom. The number of hydrogen-bond acceptors (Lipinski definition) is 4. The number of carbonyl (C=O) groups is 1. The highest BCUT2D eigenvalue weighted by Crippen LogP contribution is 2.16. The average Bonchev–Trinajstić information content (AvgIpc) is 2.46. The van der Waals surface area contributed by atoms with E-state index >= 15 is 0 Å². The van der Waals surface area contributed by atoms with E-state index in [0.29, 0.717) is 5.69 Å².